The van der Waals surface area contributed by atoms with Crippen molar-refractivity contribution in [2.45, 2.75) is 18.8 Å². The number of benzene rings is 2. The summed E-state index contributed by atoms with van der Waals surface area (Å²) in [7, 11) is 0. The zero-order valence-corrected chi connectivity index (χ0v) is 12.4. The number of halogens is 5. The van der Waals surface area contributed by atoms with Crippen LogP contribution in [0.1, 0.15) is 23.6 Å². The van der Waals surface area contributed by atoms with Crippen LogP contribution in [0, 0.1) is 5.41 Å². The SMILES string of the molecule is CC(=N)c1ccccc1C(F)(F)C(F)(F)c1ccccc1.Cl. The average molecular weight is 332 g/mol. The van der Waals surface area contributed by atoms with Gasteiger partial charge in [-0.1, -0.05) is 54.6 Å². The van der Waals surface area contributed by atoms with E-state index in [0.717, 1.165) is 18.2 Å². The molecule has 2 rings (SSSR count). The van der Waals surface area contributed by atoms with Gasteiger partial charge in [-0.25, -0.2) is 0 Å². The normalized spacial score (nSPS) is 11.7. The molecule has 0 heterocycles. The fraction of sp³-hybridized carbons (Fsp3) is 0.188. The van der Waals surface area contributed by atoms with E-state index in [-0.39, 0.29) is 23.7 Å². The molecular weight excluding hydrogens is 318 g/mol. The maximum absolute atomic E-state index is 14.4. The van der Waals surface area contributed by atoms with Crippen LogP contribution in [-0.4, -0.2) is 5.71 Å². The van der Waals surface area contributed by atoms with Crippen molar-refractivity contribution in [3.8, 4) is 0 Å². The summed E-state index contributed by atoms with van der Waals surface area (Å²) in [6.45, 7) is 1.29. The maximum atomic E-state index is 14.4. The molecule has 6 heteroatoms. The molecule has 0 spiro atoms. The van der Waals surface area contributed by atoms with Gasteiger partial charge in [-0.05, 0) is 6.92 Å². The fourth-order valence-electron chi connectivity index (χ4n) is 2.08. The van der Waals surface area contributed by atoms with E-state index >= 15 is 0 Å². The number of hydrogen-bond donors (Lipinski definition) is 1. The van der Waals surface area contributed by atoms with Crippen LogP contribution >= 0.6 is 12.4 Å². The van der Waals surface area contributed by atoms with E-state index in [1.165, 1.54) is 43.3 Å². The number of alkyl halides is 4. The van der Waals surface area contributed by atoms with Gasteiger partial charge in [-0.3, -0.25) is 0 Å². The molecule has 1 nitrogen and oxygen atoms in total. The third-order valence-electron chi connectivity index (χ3n) is 3.20. The summed E-state index contributed by atoms with van der Waals surface area (Å²) in [5, 5.41) is 7.49. The number of hydrogen-bond acceptors (Lipinski definition) is 1. The predicted octanol–water partition coefficient (Wildman–Crippen LogP) is 5.38. The van der Waals surface area contributed by atoms with E-state index < -0.39 is 23.0 Å². The minimum atomic E-state index is -4.41. The van der Waals surface area contributed by atoms with Gasteiger partial charge in [0, 0.05) is 22.4 Å². The summed E-state index contributed by atoms with van der Waals surface area (Å²) < 4.78 is 57.3. The highest BCUT2D eigenvalue weighted by Crippen LogP contribution is 2.50. The summed E-state index contributed by atoms with van der Waals surface area (Å²) in [4.78, 5) is 0. The lowest BCUT2D eigenvalue weighted by Gasteiger charge is -2.28. The molecule has 0 amide bonds. The summed E-state index contributed by atoms with van der Waals surface area (Å²) in [6, 6.07) is 10.9. The van der Waals surface area contributed by atoms with Gasteiger partial charge in [0.2, 0.25) is 0 Å². The molecule has 0 saturated carbocycles. The topological polar surface area (TPSA) is 23.9 Å². The Morgan fingerprint density at radius 2 is 1.32 bits per heavy atom. The molecule has 0 aliphatic rings. The second-order valence-electron chi connectivity index (χ2n) is 4.69. The van der Waals surface area contributed by atoms with Crippen LogP contribution in [0.5, 0.6) is 0 Å². The van der Waals surface area contributed by atoms with Gasteiger partial charge in [-0.15, -0.1) is 12.4 Å². The van der Waals surface area contributed by atoms with Gasteiger partial charge >= 0.3 is 11.8 Å². The first-order valence-electron chi connectivity index (χ1n) is 6.24. The van der Waals surface area contributed by atoms with Crippen molar-refractivity contribution >= 4 is 18.1 Å². The van der Waals surface area contributed by atoms with Gasteiger partial charge in [0.05, 0.1) is 0 Å². The van der Waals surface area contributed by atoms with Crippen LogP contribution in [0.4, 0.5) is 17.6 Å². The van der Waals surface area contributed by atoms with Gasteiger partial charge in [0.25, 0.3) is 0 Å². The number of rotatable bonds is 4. The Labute approximate surface area is 131 Å². The second-order valence-corrected chi connectivity index (χ2v) is 4.69. The molecular formula is C16H14ClF4N. The lowest BCUT2D eigenvalue weighted by atomic mass is 9.91. The van der Waals surface area contributed by atoms with Gasteiger partial charge < -0.3 is 5.41 Å². The third-order valence-corrected chi connectivity index (χ3v) is 3.20. The molecule has 0 atom stereocenters. The first-order valence-corrected chi connectivity index (χ1v) is 6.24. The van der Waals surface area contributed by atoms with E-state index in [9.17, 15) is 17.6 Å². The molecule has 0 saturated heterocycles. The molecule has 0 radical (unpaired) electrons. The average Bonchev–Trinajstić information content (AvgIpc) is 2.48. The lowest BCUT2D eigenvalue weighted by molar-refractivity contribution is -0.223. The Morgan fingerprint density at radius 3 is 1.86 bits per heavy atom. The van der Waals surface area contributed by atoms with Crippen molar-refractivity contribution in [3.63, 3.8) is 0 Å². The van der Waals surface area contributed by atoms with E-state index in [4.69, 9.17) is 5.41 Å². The summed E-state index contributed by atoms with van der Waals surface area (Å²) >= 11 is 0. The lowest BCUT2D eigenvalue weighted by Crippen LogP contribution is -2.36. The second kappa shape index (κ2) is 6.48. The molecule has 0 aromatic heterocycles. The van der Waals surface area contributed by atoms with Crippen molar-refractivity contribution < 1.29 is 17.6 Å². The molecule has 22 heavy (non-hydrogen) atoms. The van der Waals surface area contributed by atoms with E-state index in [1.54, 1.807) is 0 Å². The van der Waals surface area contributed by atoms with Crippen LogP contribution in [0.25, 0.3) is 0 Å². The molecule has 118 valence electrons. The van der Waals surface area contributed by atoms with Crippen molar-refractivity contribution in [2.24, 2.45) is 0 Å². The van der Waals surface area contributed by atoms with Crippen molar-refractivity contribution in [1.82, 2.24) is 0 Å². The fourth-order valence-corrected chi connectivity index (χ4v) is 2.08. The van der Waals surface area contributed by atoms with Crippen LogP contribution in [0.15, 0.2) is 54.6 Å². The summed E-state index contributed by atoms with van der Waals surface area (Å²) in [5.41, 5.74) is -1.97. The minimum Gasteiger partial charge on any atom is -0.305 e. The Hall–Kier alpha value is -1.88. The van der Waals surface area contributed by atoms with Crippen molar-refractivity contribution in [1.29, 1.82) is 5.41 Å². The summed E-state index contributed by atoms with van der Waals surface area (Å²) in [6.07, 6.45) is 0. The molecule has 0 aliphatic carbocycles. The molecule has 2 aromatic rings. The first kappa shape index (κ1) is 18.2. The quantitative estimate of drug-likeness (QED) is 0.574. The highest BCUT2D eigenvalue weighted by molar-refractivity contribution is 5.97. The zero-order chi connectivity index (χ0) is 15.7. The Bertz CT molecular complexity index is 656. The van der Waals surface area contributed by atoms with Gasteiger partial charge in [0.15, 0.2) is 0 Å². The van der Waals surface area contributed by atoms with Crippen LogP contribution in [0.2, 0.25) is 0 Å². The zero-order valence-electron chi connectivity index (χ0n) is 11.6. The minimum absolute atomic E-state index is 0. The highest BCUT2D eigenvalue weighted by atomic mass is 35.5. The largest absolute Gasteiger partial charge is 0.340 e. The Morgan fingerprint density at radius 1 is 0.818 bits per heavy atom. The molecule has 0 aliphatic heterocycles. The van der Waals surface area contributed by atoms with Gasteiger partial charge in [-0.2, -0.15) is 17.6 Å². The molecule has 0 unspecified atom stereocenters. The van der Waals surface area contributed by atoms with Crippen molar-refractivity contribution in [3.05, 3.63) is 71.3 Å². The summed E-state index contributed by atoms with van der Waals surface area (Å²) in [5.74, 6) is -8.77. The van der Waals surface area contributed by atoms with E-state index in [2.05, 4.69) is 0 Å². The predicted molar refractivity (Wildman–Crippen MR) is 80.4 cm³/mol. The first-order chi connectivity index (χ1) is 9.78. The Kier molecular flexibility index (Phi) is 5.35. The number of nitrogens with one attached hydrogen (secondary N) is 1. The molecule has 0 bridgehead atoms. The van der Waals surface area contributed by atoms with Crippen LogP contribution < -0.4 is 0 Å². The monoisotopic (exact) mass is 331 g/mol. The van der Waals surface area contributed by atoms with Gasteiger partial charge in [0.1, 0.15) is 0 Å². The Balaban J connectivity index is 0.00000242. The highest BCUT2D eigenvalue weighted by Gasteiger charge is 2.59. The van der Waals surface area contributed by atoms with Crippen LogP contribution in [-0.2, 0) is 11.8 Å². The van der Waals surface area contributed by atoms with Crippen molar-refractivity contribution in [2.75, 3.05) is 0 Å². The standard InChI is InChI=1S/C16H13F4N.ClH/c1-11(21)13-9-5-6-10-14(13)16(19,20)15(17,18)12-7-3-2-4-8-12;/h2-10,21H,1H3;1H. The molecule has 2 aromatic carbocycles. The smallest absolute Gasteiger partial charge is 0.305 e. The van der Waals surface area contributed by atoms with Crippen LogP contribution in [0.3, 0.4) is 0 Å². The van der Waals surface area contributed by atoms with E-state index in [0.29, 0.717) is 0 Å². The third kappa shape index (κ3) is 2.99. The van der Waals surface area contributed by atoms with E-state index in [1.807, 2.05) is 0 Å². The molecule has 1 N–H and O–H groups in total. The maximum Gasteiger partial charge on any atom is 0.340 e. The molecule has 0 fully saturated rings.